The zero-order valence-corrected chi connectivity index (χ0v) is 21.0. The van der Waals surface area contributed by atoms with Crippen molar-refractivity contribution < 1.29 is 23.5 Å². The van der Waals surface area contributed by atoms with E-state index in [2.05, 4.69) is 17.2 Å². The summed E-state index contributed by atoms with van der Waals surface area (Å²) >= 11 is 0. The minimum absolute atomic E-state index is 0.0974. The van der Waals surface area contributed by atoms with Gasteiger partial charge in [0.25, 0.3) is 5.91 Å². The highest BCUT2D eigenvalue weighted by molar-refractivity contribution is 5.91. The molecule has 1 N–H and O–H groups in total. The average molecular weight is 468 g/mol. The molecular weight excluding hydrogens is 422 g/mol. The van der Waals surface area contributed by atoms with Crippen LogP contribution in [0.3, 0.4) is 0 Å². The van der Waals surface area contributed by atoms with Crippen molar-refractivity contribution in [3.63, 3.8) is 0 Å². The molecule has 1 heterocycles. The van der Waals surface area contributed by atoms with Crippen LogP contribution in [0.2, 0.25) is 0 Å². The first kappa shape index (κ1) is 29.1. The maximum Gasteiger partial charge on any atom is 0.273 e. The number of ether oxygens (including phenoxy) is 2. The number of nitrogens with one attached hydrogen (secondary N) is 1. The van der Waals surface area contributed by atoms with Crippen LogP contribution in [0.15, 0.2) is 10.7 Å². The first-order chi connectivity index (χ1) is 16.1. The summed E-state index contributed by atoms with van der Waals surface area (Å²) < 4.78 is 16.2. The SMILES string of the molecule is CCCCCCCCCC(=O)N(CCCOCC)Cc1nc(C(=O)NCCCOCC)co1. The fourth-order valence-electron chi connectivity index (χ4n) is 3.45. The molecule has 8 heteroatoms. The second-order valence-electron chi connectivity index (χ2n) is 8.17. The molecule has 0 aliphatic heterocycles. The number of rotatable bonds is 21. The first-order valence-corrected chi connectivity index (χ1v) is 12.8. The molecule has 0 saturated heterocycles. The Morgan fingerprint density at radius 1 is 0.939 bits per heavy atom. The molecule has 0 aromatic carbocycles. The van der Waals surface area contributed by atoms with E-state index in [1.165, 1.54) is 38.4 Å². The predicted octanol–water partition coefficient (Wildman–Crippen LogP) is 4.73. The van der Waals surface area contributed by atoms with Gasteiger partial charge in [-0.3, -0.25) is 9.59 Å². The van der Waals surface area contributed by atoms with Gasteiger partial charge in [-0.25, -0.2) is 4.98 Å². The Labute approximate surface area is 199 Å². The van der Waals surface area contributed by atoms with E-state index in [9.17, 15) is 9.59 Å². The maximum atomic E-state index is 12.8. The average Bonchev–Trinajstić information content (AvgIpc) is 3.29. The Bertz CT molecular complexity index is 635. The molecule has 0 fully saturated rings. The van der Waals surface area contributed by atoms with Crippen LogP contribution in [0.4, 0.5) is 0 Å². The summed E-state index contributed by atoms with van der Waals surface area (Å²) in [4.78, 5) is 31.2. The molecule has 0 aliphatic carbocycles. The summed E-state index contributed by atoms with van der Waals surface area (Å²) in [6.45, 7) is 10.0. The number of unbranched alkanes of at least 4 members (excludes halogenated alkanes) is 6. The summed E-state index contributed by atoms with van der Waals surface area (Å²) in [6, 6.07) is 0. The van der Waals surface area contributed by atoms with Crippen LogP contribution < -0.4 is 5.32 Å². The van der Waals surface area contributed by atoms with Gasteiger partial charge in [0.05, 0.1) is 6.54 Å². The molecule has 1 rings (SSSR count). The van der Waals surface area contributed by atoms with Crippen LogP contribution in [-0.2, 0) is 20.8 Å². The third-order valence-corrected chi connectivity index (χ3v) is 5.33. The molecular formula is C25H45N3O5. The van der Waals surface area contributed by atoms with Crippen LogP contribution in [0.1, 0.15) is 101 Å². The van der Waals surface area contributed by atoms with Crippen LogP contribution in [-0.4, -0.2) is 61.2 Å². The Balaban J connectivity index is 2.50. The highest BCUT2D eigenvalue weighted by atomic mass is 16.5. The minimum atomic E-state index is -0.279. The van der Waals surface area contributed by atoms with Crippen molar-refractivity contribution in [2.45, 2.75) is 91.5 Å². The van der Waals surface area contributed by atoms with Gasteiger partial charge in [0.2, 0.25) is 11.8 Å². The molecule has 1 aromatic heterocycles. The summed E-state index contributed by atoms with van der Waals surface area (Å²) in [7, 11) is 0. The van der Waals surface area contributed by atoms with Crippen LogP contribution >= 0.6 is 0 Å². The quantitative estimate of drug-likeness (QED) is 0.263. The number of carbonyl (C=O) groups excluding carboxylic acids is 2. The number of hydrogen-bond acceptors (Lipinski definition) is 6. The Hall–Kier alpha value is -1.93. The van der Waals surface area contributed by atoms with E-state index >= 15 is 0 Å². The van der Waals surface area contributed by atoms with E-state index in [-0.39, 0.29) is 24.1 Å². The van der Waals surface area contributed by atoms with Crippen molar-refractivity contribution in [3.05, 3.63) is 17.8 Å². The number of aromatic nitrogens is 1. The Morgan fingerprint density at radius 3 is 2.30 bits per heavy atom. The van der Waals surface area contributed by atoms with Gasteiger partial charge in [0, 0.05) is 45.9 Å². The minimum Gasteiger partial charge on any atom is -0.446 e. The van der Waals surface area contributed by atoms with E-state index in [0.717, 1.165) is 25.7 Å². The van der Waals surface area contributed by atoms with Gasteiger partial charge in [0.1, 0.15) is 6.26 Å². The standard InChI is InChI=1S/C25H45N3O5/c1-4-7-8-9-10-11-12-15-24(29)28(17-14-19-32-6-3)20-23-27-22(21-33-23)25(30)26-16-13-18-31-5-2/h21H,4-20H2,1-3H3,(H,26,30). The smallest absolute Gasteiger partial charge is 0.273 e. The zero-order valence-electron chi connectivity index (χ0n) is 21.0. The number of amides is 2. The normalized spacial score (nSPS) is 11.0. The van der Waals surface area contributed by atoms with Gasteiger partial charge in [0.15, 0.2) is 5.69 Å². The zero-order chi connectivity index (χ0) is 24.2. The van der Waals surface area contributed by atoms with Gasteiger partial charge < -0.3 is 24.1 Å². The van der Waals surface area contributed by atoms with Crippen molar-refractivity contribution in [1.82, 2.24) is 15.2 Å². The van der Waals surface area contributed by atoms with Crippen molar-refractivity contribution in [2.75, 3.05) is 39.5 Å². The maximum absolute atomic E-state index is 12.8. The summed E-state index contributed by atoms with van der Waals surface area (Å²) in [5.74, 6) is 0.192. The molecule has 0 bridgehead atoms. The molecule has 0 unspecified atom stereocenters. The van der Waals surface area contributed by atoms with Gasteiger partial charge in [-0.1, -0.05) is 45.4 Å². The molecule has 0 atom stereocenters. The lowest BCUT2D eigenvalue weighted by molar-refractivity contribution is -0.132. The number of hydrogen-bond donors (Lipinski definition) is 1. The second kappa shape index (κ2) is 19.5. The third kappa shape index (κ3) is 14.0. The van der Waals surface area contributed by atoms with E-state index in [1.807, 2.05) is 13.8 Å². The number of oxazole rings is 1. The van der Waals surface area contributed by atoms with Crippen molar-refractivity contribution in [1.29, 1.82) is 0 Å². The van der Waals surface area contributed by atoms with E-state index in [1.54, 1.807) is 4.90 Å². The molecule has 1 aromatic rings. The lowest BCUT2D eigenvalue weighted by atomic mass is 10.1. The van der Waals surface area contributed by atoms with Crippen LogP contribution in [0.25, 0.3) is 0 Å². The first-order valence-electron chi connectivity index (χ1n) is 12.8. The predicted molar refractivity (Wildman–Crippen MR) is 129 cm³/mol. The fraction of sp³-hybridized carbons (Fsp3) is 0.800. The highest BCUT2D eigenvalue weighted by Crippen LogP contribution is 2.12. The highest BCUT2D eigenvalue weighted by Gasteiger charge is 2.18. The molecule has 8 nitrogen and oxygen atoms in total. The lowest BCUT2D eigenvalue weighted by Gasteiger charge is -2.21. The van der Waals surface area contributed by atoms with Crippen molar-refractivity contribution >= 4 is 11.8 Å². The summed E-state index contributed by atoms with van der Waals surface area (Å²) in [5, 5.41) is 2.81. The van der Waals surface area contributed by atoms with Crippen LogP contribution in [0, 0.1) is 0 Å². The van der Waals surface area contributed by atoms with Gasteiger partial charge in [-0.15, -0.1) is 0 Å². The molecule has 0 aliphatic rings. The topological polar surface area (TPSA) is 93.9 Å². The molecule has 33 heavy (non-hydrogen) atoms. The van der Waals surface area contributed by atoms with Gasteiger partial charge in [-0.05, 0) is 33.1 Å². The molecule has 0 saturated carbocycles. The summed E-state index contributed by atoms with van der Waals surface area (Å²) in [5.41, 5.74) is 0.232. The molecule has 2 amide bonds. The van der Waals surface area contributed by atoms with Gasteiger partial charge >= 0.3 is 0 Å². The largest absolute Gasteiger partial charge is 0.446 e. The Morgan fingerprint density at radius 2 is 1.61 bits per heavy atom. The Kier molecular flexibility index (Phi) is 17.2. The van der Waals surface area contributed by atoms with Crippen molar-refractivity contribution in [2.24, 2.45) is 0 Å². The second-order valence-corrected chi connectivity index (χ2v) is 8.17. The van der Waals surface area contributed by atoms with E-state index < -0.39 is 0 Å². The monoisotopic (exact) mass is 467 g/mol. The molecule has 0 spiro atoms. The van der Waals surface area contributed by atoms with Gasteiger partial charge in [-0.2, -0.15) is 0 Å². The number of nitrogens with zero attached hydrogens (tertiary/aromatic N) is 2. The molecule has 190 valence electrons. The lowest BCUT2D eigenvalue weighted by Crippen LogP contribution is -2.32. The van der Waals surface area contributed by atoms with Crippen molar-refractivity contribution in [3.8, 4) is 0 Å². The third-order valence-electron chi connectivity index (χ3n) is 5.33. The summed E-state index contributed by atoms with van der Waals surface area (Å²) in [6.07, 6.45) is 11.6. The van der Waals surface area contributed by atoms with E-state index in [0.29, 0.717) is 51.8 Å². The van der Waals surface area contributed by atoms with E-state index in [4.69, 9.17) is 13.9 Å². The number of carbonyl (C=O) groups is 2. The fourth-order valence-corrected chi connectivity index (χ4v) is 3.45. The molecule has 0 radical (unpaired) electrons. The van der Waals surface area contributed by atoms with Crippen LogP contribution in [0.5, 0.6) is 0 Å².